The fraction of sp³-hybridized carbons (Fsp3) is 0.357. The van der Waals surface area contributed by atoms with Crippen molar-refractivity contribution in [1.29, 1.82) is 0 Å². The van der Waals surface area contributed by atoms with Crippen molar-refractivity contribution in [3.63, 3.8) is 0 Å². The molecule has 1 aliphatic rings. The van der Waals surface area contributed by atoms with Crippen molar-refractivity contribution >= 4 is 5.91 Å². The van der Waals surface area contributed by atoms with E-state index in [0.717, 1.165) is 0 Å². The van der Waals surface area contributed by atoms with E-state index in [-0.39, 0.29) is 25.5 Å². The van der Waals surface area contributed by atoms with Gasteiger partial charge in [0.05, 0.1) is 13.2 Å². The molecule has 114 valence electrons. The van der Waals surface area contributed by atoms with Crippen LogP contribution in [0.3, 0.4) is 0 Å². The lowest BCUT2D eigenvalue weighted by Crippen LogP contribution is -2.50. The van der Waals surface area contributed by atoms with Crippen molar-refractivity contribution in [2.24, 2.45) is 0 Å². The van der Waals surface area contributed by atoms with E-state index < -0.39 is 18.2 Å². The zero-order valence-electron chi connectivity index (χ0n) is 11.2. The van der Waals surface area contributed by atoms with Crippen molar-refractivity contribution in [3.05, 3.63) is 48.3 Å². The van der Waals surface area contributed by atoms with Crippen LogP contribution < -0.4 is 5.32 Å². The summed E-state index contributed by atoms with van der Waals surface area (Å²) in [6, 6.07) is 8.39. The average Bonchev–Trinajstić information content (AvgIpc) is 2.47. The number of morpholine rings is 1. The van der Waals surface area contributed by atoms with Crippen LogP contribution in [0.15, 0.2) is 42.7 Å². The van der Waals surface area contributed by atoms with Gasteiger partial charge in [0.25, 0.3) is 5.91 Å². The van der Waals surface area contributed by atoms with Crippen LogP contribution in [0, 0.1) is 0 Å². The Morgan fingerprint density at radius 3 is 2.62 bits per heavy atom. The molecule has 1 aromatic carbocycles. The molecule has 1 N–H and O–H groups in total. The van der Waals surface area contributed by atoms with Gasteiger partial charge in [0.15, 0.2) is 6.10 Å². The summed E-state index contributed by atoms with van der Waals surface area (Å²) in [7, 11) is 0. The summed E-state index contributed by atoms with van der Waals surface area (Å²) < 4.78 is 42.6. The molecule has 1 atom stereocenters. The van der Waals surface area contributed by atoms with Crippen LogP contribution in [0.5, 0.6) is 0 Å². The highest BCUT2D eigenvalue weighted by Crippen LogP contribution is 2.26. The topological polar surface area (TPSA) is 41.6 Å². The van der Waals surface area contributed by atoms with E-state index in [1.807, 2.05) is 0 Å². The predicted octanol–water partition coefficient (Wildman–Crippen LogP) is 2.15. The number of nitrogens with zero attached hydrogens (tertiary/aromatic N) is 1. The Hall–Kier alpha value is -2.02. The van der Waals surface area contributed by atoms with Crippen molar-refractivity contribution in [2.75, 3.05) is 19.7 Å². The molecule has 1 heterocycles. The Morgan fingerprint density at radius 1 is 1.33 bits per heavy atom. The summed E-state index contributed by atoms with van der Waals surface area (Å²) in [6.07, 6.45) is -6.29. The second kappa shape index (κ2) is 6.17. The van der Waals surface area contributed by atoms with Crippen molar-refractivity contribution in [3.8, 4) is 0 Å². The minimum absolute atomic E-state index is 0.0651. The van der Waals surface area contributed by atoms with Crippen LogP contribution in [0.4, 0.5) is 13.2 Å². The minimum Gasteiger partial charge on any atom is -0.365 e. The normalized spacial score (nSPS) is 19.2. The lowest BCUT2D eigenvalue weighted by Gasteiger charge is -2.36. The zero-order chi connectivity index (χ0) is 15.5. The lowest BCUT2D eigenvalue weighted by atomic mass is 10.2. The van der Waals surface area contributed by atoms with Gasteiger partial charge in [-0.3, -0.25) is 4.79 Å². The lowest BCUT2D eigenvalue weighted by molar-refractivity contribution is -0.235. The highest BCUT2D eigenvalue weighted by Gasteiger charge is 2.43. The highest BCUT2D eigenvalue weighted by molar-refractivity contribution is 5.95. The summed E-state index contributed by atoms with van der Waals surface area (Å²) in [5.74, 6) is -0.267. The van der Waals surface area contributed by atoms with E-state index in [0.29, 0.717) is 5.56 Å². The van der Waals surface area contributed by atoms with Gasteiger partial charge in [0.2, 0.25) is 0 Å². The fourth-order valence-electron chi connectivity index (χ4n) is 1.96. The quantitative estimate of drug-likeness (QED) is 0.930. The van der Waals surface area contributed by atoms with E-state index in [1.165, 1.54) is 4.90 Å². The standard InChI is InChI=1S/C14H15F3N2O2/c1-10(18-13(20)11-5-3-2-4-6-11)19-7-8-21-12(9-19)14(15,16)17/h2-6,12H,1,7-9H2,(H,18,20). The van der Waals surface area contributed by atoms with E-state index in [2.05, 4.69) is 11.9 Å². The average molecular weight is 300 g/mol. The molecular formula is C14H15F3N2O2. The van der Waals surface area contributed by atoms with Gasteiger partial charge in [-0.2, -0.15) is 13.2 Å². The summed E-state index contributed by atoms with van der Waals surface area (Å²) in [6.45, 7) is 3.44. The molecule has 21 heavy (non-hydrogen) atoms. The highest BCUT2D eigenvalue weighted by atomic mass is 19.4. The number of benzene rings is 1. The first-order valence-electron chi connectivity index (χ1n) is 6.36. The first-order chi connectivity index (χ1) is 9.88. The molecule has 1 amide bonds. The number of hydrogen-bond donors (Lipinski definition) is 1. The van der Waals surface area contributed by atoms with E-state index in [9.17, 15) is 18.0 Å². The van der Waals surface area contributed by atoms with Crippen LogP contribution in [0.25, 0.3) is 0 Å². The number of carbonyl (C=O) groups is 1. The Labute approximate surface area is 120 Å². The minimum atomic E-state index is -4.43. The summed E-state index contributed by atoms with van der Waals surface area (Å²) in [5, 5.41) is 2.51. The van der Waals surface area contributed by atoms with Crippen LogP contribution in [-0.2, 0) is 4.74 Å². The van der Waals surface area contributed by atoms with E-state index in [1.54, 1.807) is 30.3 Å². The van der Waals surface area contributed by atoms with Gasteiger partial charge in [-0.15, -0.1) is 0 Å². The van der Waals surface area contributed by atoms with Crippen molar-refractivity contribution in [1.82, 2.24) is 10.2 Å². The molecule has 0 aromatic heterocycles. The number of rotatable bonds is 3. The van der Waals surface area contributed by atoms with Gasteiger partial charge in [0, 0.05) is 12.1 Å². The molecule has 0 saturated carbocycles. The predicted molar refractivity (Wildman–Crippen MR) is 70.4 cm³/mol. The number of alkyl halides is 3. The van der Waals surface area contributed by atoms with Gasteiger partial charge >= 0.3 is 6.18 Å². The molecule has 1 fully saturated rings. The second-order valence-corrected chi connectivity index (χ2v) is 4.61. The van der Waals surface area contributed by atoms with Gasteiger partial charge in [-0.1, -0.05) is 24.8 Å². The second-order valence-electron chi connectivity index (χ2n) is 4.61. The largest absolute Gasteiger partial charge is 0.416 e. The first-order valence-corrected chi connectivity index (χ1v) is 6.36. The first kappa shape index (κ1) is 15.4. The van der Waals surface area contributed by atoms with Crippen molar-refractivity contribution < 1.29 is 22.7 Å². The monoisotopic (exact) mass is 300 g/mol. The van der Waals surface area contributed by atoms with Crippen LogP contribution in [-0.4, -0.2) is 42.8 Å². The van der Waals surface area contributed by atoms with Gasteiger partial charge < -0.3 is 15.0 Å². The molecule has 0 spiro atoms. The number of carbonyl (C=O) groups excluding carboxylic acids is 1. The molecule has 0 bridgehead atoms. The molecule has 7 heteroatoms. The van der Waals surface area contributed by atoms with Gasteiger partial charge in [-0.05, 0) is 12.1 Å². The number of ether oxygens (including phenoxy) is 1. The molecule has 4 nitrogen and oxygen atoms in total. The third kappa shape index (κ3) is 3.98. The van der Waals surface area contributed by atoms with Gasteiger partial charge in [0.1, 0.15) is 5.82 Å². The molecule has 1 aliphatic heterocycles. The Kier molecular flexibility index (Phi) is 4.52. The zero-order valence-corrected chi connectivity index (χ0v) is 11.2. The third-order valence-corrected chi connectivity index (χ3v) is 3.11. The smallest absolute Gasteiger partial charge is 0.365 e. The van der Waals surface area contributed by atoms with Gasteiger partial charge in [-0.25, -0.2) is 0 Å². The van der Waals surface area contributed by atoms with E-state index in [4.69, 9.17) is 4.74 Å². The summed E-state index contributed by atoms with van der Waals surface area (Å²) in [5.41, 5.74) is 0.416. The van der Waals surface area contributed by atoms with Crippen LogP contribution >= 0.6 is 0 Å². The molecule has 1 unspecified atom stereocenters. The molecule has 2 rings (SSSR count). The maximum Gasteiger partial charge on any atom is 0.416 e. The Bertz CT molecular complexity index is 517. The van der Waals surface area contributed by atoms with E-state index >= 15 is 0 Å². The molecule has 1 saturated heterocycles. The molecule has 0 radical (unpaired) electrons. The Morgan fingerprint density at radius 2 is 2.00 bits per heavy atom. The maximum absolute atomic E-state index is 12.6. The SMILES string of the molecule is C=C(NC(=O)c1ccccc1)N1CCOC(C(F)(F)F)C1. The fourth-order valence-corrected chi connectivity index (χ4v) is 1.96. The van der Waals surface area contributed by atoms with Crippen LogP contribution in [0.1, 0.15) is 10.4 Å². The summed E-state index contributed by atoms with van der Waals surface area (Å²) in [4.78, 5) is 13.3. The number of hydrogen-bond acceptors (Lipinski definition) is 3. The van der Waals surface area contributed by atoms with Crippen LogP contribution in [0.2, 0.25) is 0 Å². The Balaban J connectivity index is 1.96. The van der Waals surface area contributed by atoms with Crippen molar-refractivity contribution in [2.45, 2.75) is 12.3 Å². The third-order valence-electron chi connectivity index (χ3n) is 3.11. The number of nitrogens with one attached hydrogen (secondary N) is 1. The summed E-state index contributed by atoms with van der Waals surface area (Å²) >= 11 is 0. The maximum atomic E-state index is 12.6. The molecule has 1 aromatic rings. The molecule has 0 aliphatic carbocycles. The molecular weight excluding hydrogens is 285 g/mol. The number of amides is 1. The number of halogens is 3.